The minimum atomic E-state index is 0.868. The Balaban J connectivity index is 1.52. The van der Waals surface area contributed by atoms with Crippen LogP contribution in [0.4, 0.5) is 0 Å². The number of fused-ring (bicyclic) bond motifs is 5. The van der Waals surface area contributed by atoms with Gasteiger partial charge in [-0.1, -0.05) is 66.7 Å². The third kappa shape index (κ3) is 2.96. The van der Waals surface area contributed by atoms with Crippen LogP contribution < -0.4 is 0 Å². The summed E-state index contributed by atoms with van der Waals surface area (Å²) in [4.78, 5) is 10.8. The number of hydrogen-bond acceptors (Lipinski definition) is 3. The standard InChI is InChI=1S/C30H19N3S/c1-2-9-20(10-3-1)27-19-21-16-17-26-29(30(21)34-27)22-11-4-5-14-25(22)33(26)28-15-8-13-24(32-28)23-12-6-7-18-31-23/h1-19H. The van der Waals surface area contributed by atoms with Crippen LogP contribution in [0, 0.1) is 0 Å². The van der Waals surface area contributed by atoms with Crippen molar-refractivity contribution in [3.8, 4) is 27.6 Å². The summed E-state index contributed by atoms with van der Waals surface area (Å²) in [5.41, 5.74) is 5.32. The highest BCUT2D eigenvalue weighted by Gasteiger charge is 2.17. The number of benzene rings is 3. The molecule has 0 saturated heterocycles. The van der Waals surface area contributed by atoms with Crippen molar-refractivity contribution < 1.29 is 0 Å². The van der Waals surface area contributed by atoms with Crippen molar-refractivity contribution in [2.75, 3.05) is 0 Å². The molecule has 0 aliphatic rings. The highest BCUT2D eigenvalue weighted by molar-refractivity contribution is 7.23. The first-order chi connectivity index (χ1) is 16.9. The summed E-state index contributed by atoms with van der Waals surface area (Å²) in [5, 5.41) is 3.80. The monoisotopic (exact) mass is 453 g/mol. The van der Waals surface area contributed by atoms with Gasteiger partial charge < -0.3 is 0 Å². The molecule has 4 heteroatoms. The first kappa shape index (κ1) is 19.2. The van der Waals surface area contributed by atoms with E-state index in [0.717, 1.165) is 22.7 Å². The summed E-state index contributed by atoms with van der Waals surface area (Å²) in [6.45, 7) is 0. The largest absolute Gasteiger partial charge is 0.294 e. The molecule has 3 nitrogen and oxygen atoms in total. The summed E-state index contributed by atoms with van der Waals surface area (Å²) < 4.78 is 3.59. The maximum atomic E-state index is 5.02. The van der Waals surface area contributed by atoms with Gasteiger partial charge >= 0.3 is 0 Å². The van der Waals surface area contributed by atoms with Crippen molar-refractivity contribution in [1.29, 1.82) is 0 Å². The van der Waals surface area contributed by atoms with E-state index in [1.807, 2.05) is 41.8 Å². The molecule has 0 aliphatic carbocycles. The zero-order chi connectivity index (χ0) is 22.5. The van der Waals surface area contributed by atoms with Gasteiger partial charge in [0.15, 0.2) is 0 Å². The van der Waals surface area contributed by atoms with E-state index >= 15 is 0 Å². The molecular formula is C30H19N3S. The second-order valence-corrected chi connectivity index (χ2v) is 9.36. The second kappa shape index (κ2) is 7.65. The predicted octanol–water partition coefficient (Wildman–Crippen LogP) is 8.12. The molecule has 7 rings (SSSR count). The van der Waals surface area contributed by atoms with Crippen LogP contribution in [0.2, 0.25) is 0 Å². The molecule has 0 bridgehead atoms. The highest BCUT2D eigenvalue weighted by atomic mass is 32.1. The van der Waals surface area contributed by atoms with Gasteiger partial charge in [0.05, 0.1) is 22.4 Å². The van der Waals surface area contributed by atoms with Gasteiger partial charge in [-0.15, -0.1) is 11.3 Å². The molecule has 0 fully saturated rings. The first-order valence-electron chi connectivity index (χ1n) is 11.3. The fraction of sp³-hybridized carbons (Fsp3) is 0. The van der Waals surface area contributed by atoms with E-state index in [4.69, 9.17) is 4.98 Å². The Morgan fingerprint density at radius 1 is 0.647 bits per heavy atom. The Bertz CT molecular complexity index is 1800. The molecule has 0 N–H and O–H groups in total. The van der Waals surface area contributed by atoms with E-state index in [2.05, 4.69) is 94.5 Å². The first-order valence-corrected chi connectivity index (χ1v) is 12.1. The highest BCUT2D eigenvalue weighted by Crippen LogP contribution is 2.42. The maximum absolute atomic E-state index is 5.02. The van der Waals surface area contributed by atoms with Crippen molar-refractivity contribution in [2.45, 2.75) is 0 Å². The number of rotatable bonds is 3. The van der Waals surface area contributed by atoms with Crippen LogP contribution in [0.3, 0.4) is 0 Å². The predicted molar refractivity (Wildman–Crippen MR) is 143 cm³/mol. The van der Waals surface area contributed by atoms with E-state index in [-0.39, 0.29) is 0 Å². The summed E-state index contributed by atoms with van der Waals surface area (Å²) in [6, 6.07) is 38.1. The third-order valence-electron chi connectivity index (χ3n) is 6.27. The smallest absolute Gasteiger partial charge is 0.138 e. The van der Waals surface area contributed by atoms with Gasteiger partial charge in [0.1, 0.15) is 5.82 Å². The van der Waals surface area contributed by atoms with Crippen LogP contribution in [0.25, 0.3) is 59.5 Å². The lowest BCUT2D eigenvalue weighted by Crippen LogP contribution is -1.98. The molecule has 0 aliphatic heterocycles. The molecule has 0 radical (unpaired) electrons. The lowest BCUT2D eigenvalue weighted by molar-refractivity contribution is 1.08. The van der Waals surface area contributed by atoms with Gasteiger partial charge in [-0.3, -0.25) is 9.55 Å². The molecule has 4 heterocycles. The Morgan fingerprint density at radius 3 is 2.35 bits per heavy atom. The number of hydrogen-bond donors (Lipinski definition) is 0. The molecular weight excluding hydrogens is 434 g/mol. The van der Waals surface area contributed by atoms with Crippen LogP contribution in [0.5, 0.6) is 0 Å². The molecule has 34 heavy (non-hydrogen) atoms. The number of thiophene rings is 1. The van der Waals surface area contributed by atoms with Crippen LogP contribution in [0.1, 0.15) is 0 Å². The fourth-order valence-electron chi connectivity index (χ4n) is 4.75. The molecule has 0 saturated carbocycles. The van der Waals surface area contributed by atoms with Crippen LogP contribution >= 0.6 is 11.3 Å². The summed E-state index contributed by atoms with van der Waals surface area (Å²) in [7, 11) is 0. The summed E-state index contributed by atoms with van der Waals surface area (Å²) in [5.74, 6) is 0.897. The molecule has 4 aromatic heterocycles. The van der Waals surface area contributed by atoms with Gasteiger partial charge in [0.2, 0.25) is 0 Å². The molecule has 0 atom stereocenters. The molecule has 3 aromatic carbocycles. The molecule has 0 spiro atoms. The summed E-state index contributed by atoms with van der Waals surface area (Å²) >= 11 is 1.86. The molecule has 160 valence electrons. The quantitative estimate of drug-likeness (QED) is 0.270. The van der Waals surface area contributed by atoms with E-state index in [0.29, 0.717) is 0 Å². The molecule has 7 aromatic rings. The van der Waals surface area contributed by atoms with Crippen LogP contribution in [0.15, 0.2) is 115 Å². The zero-order valence-electron chi connectivity index (χ0n) is 18.2. The summed E-state index contributed by atoms with van der Waals surface area (Å²) in [6.07, 6.45) is 1.81. The van der Waals surface area contributed by atoms with Crippen LogP contribution in [-0.2, 0) is 0 Å². The van der Waals surface area contributed by atoms with Gasteiger partial charge in [-0.25, -0.2) is 4.98 Å². The number of para-hydroxylation sites is 1. The molecule has 0 amide bonds. The Hall–Kier alpha value is -4.28. The number of pyridine rings is 2. The number of aromatic nitrogens is 3. The minimum absolute atomic E-state index is 0.868. The van der Waals surface area contributed by atoms with E-state index < -0.39 is 0 Å². The average Bonchev–Trinajstić information content (AvgIpc) is 3.49. The lowest BCUT2D eigenvalue weighted by atomic mass is 10.1. The molecule has 0 unspecified atom stereocenters. The lowest BCUT2D eigenvalue weighted by Gasteiger charge is -2.08. The Kier molecular flexibility index (Phi) is 4.32. The Morgan fingerprint density at radius 2 is 1.47 bits per heavy atom. The van der Waals surface area contributed by atoms with Crippen molar-refractivity contribution in [3.63, 3.8) is 0 Å². The van der Waals surface area contributed by atoms with Gasteiger partial charge in [-0.05, 0) is 53.4 Å². The zero-order valence-corrected chi connectivity index (χ0v) is 19.0. The average molecular weight is 454 g/mol. The topological polar surface area (TPSA) is 30.7 Å². The van der Waals surface area contributed by atoms with Crippen molar-refractivity contribution in [2.24, 2.45) is 0 Å². The minimum Gasteiger partial charge on any atom is -0.294 e. The van der Waals surface area contributed by atoms with Crippen molar-refractivity contribution >= 4 is 43.2 Å². The fourth-order valence-corrected chi connectivity index (χ4v) is 5.97. The Labute approximate surface area is 200 Å². The van der Waals surface area contributed by atoms with Crippen LogP contribution in [-0.4, -0.2) is 14.5 Å². The third-order valence-corrected chi connectivity index (χ3v) is 7.49. The maximum Gasteiger partial charge on any atom is 0.138 e. The number of nitrogens with zero attached hydrogens (tertiary/aromatic N) is 3. The van der Waals surface area contributed by atoms with Crippen molar-refractivity contribution in [3.05, 3.63) is 115 Å². The SMILES string of the molecule is c1ccc(-c2cc3ccc4c(c5ccccc5n4-c4cccc(-c5ccccn5)n4)c3s2)cc1. The van der Waals surface area contributed by atoms with Crippen molar-refractivity contribution in [1.82, 2.24) is 14.5 Å². The van der Waals surface area contributed by atoms with Gasteiger partial charge in [0, 0.05) is 26.5 Å². The second-order valence-electron chi connectivity index (χ2n) is 8.30. The normalized spacial score (nSPS) is 11.5. The van der Waals surface area contributed by atoms with E-state index in [1.54, 1.807) is 0 Å². The van der Waals surface area contributed by atoms with Gasteiger partial charge in [-0.2, -0.15) is 0 Å². The van der Waals surface area contributed by atoms with E-state index in [9.17, 15) is 0 Å². The van der Waals surface area contributed by atoms with E-state index in [1.165, 1.54) is 36.8 Å². The van der Waals surface area contributed by atoms with Gasteiger partial charge in [0.25, 0.3) is 0 Å².